The number of hydrogen-bond acceptors (Lipinski definition) is 6. The zero-order chi connectivity index (χ0) is 13.5. The number of halogens is 2. The van der Waals surface area contributed by atoms with Crippen LogP contribution < -0.4 is 11.1 Å². The smallest absolute Gasteiger partial charge is 0.273 e. The first kappa shape index (κ1) is 20.1. The van der Waals surface area contributed by atoms with Crippen LogP contribution in [-0.4, -0.2) is 71.7 Å². The third-order valence-electron chi connectivity index (χ3n) is 2.95. The van der Waals surface area contributed by atoms with E-state index in [1.165, 1.54) is 0 Å². The van der Waals surface area contributed by atoms with E-state index >= 15 is 0 Å². The highest BCUT2D eigenvalue weighted by molar-refractivity contribution is 5.91. The number of hydrogen-bond donors (Lipinski definition) is 2. The lowest BCUT2D eigenvalue weighted by Gasteiger charge is -2.26. The highest BCUT2D eigenvalue weighted by atomic mass is 35.5. The van der Waals surface area contributed by atoms with E-state index in [1.54, 1.807) is 10.9 Å². The summed E-state index contributed by atoms with van der Waals surface area (Å²) in [6.07, 6.45) is 1.61. The van der Waals surface area contributed by atoms with Gasteiger partial charge in [-0.3, -0.25) is 14.4 Å². The Labute approximate surface area is 136 Å². The Morgan fingerprint density at radius 3 is 2.71 bits per heavy atom. The van der Waals surface area contributed by atoms with E-state index < -0.39 is 0 Å². The van der Waals surface area contributed by atoms with Crippen molar-refractivity contribution < 1.29 is 9.53 Å². The van der Waals surface area contributed by atoms with E-state index in [4.69, 9.17) is 10.5 Å². The maximum Gasteiger partial charge on any atom is 0.273 e. The van der Waals surface area contributed by atoms with Gasteiger partial charge in [0.25, 0.3) is 5.91 Å². The van der Waals surface area contributed by atoms with Gasteiger partial charge in [-0.1, -0.05) is 5.21 Å². The van der Waals surface area contributed by atoms with Crippen LogP contribution in [0.4, 0.5) is 0 Å². The number of nitrogens with zero attached hydrogens (tertiary/aromatic N) is 4. The summed E-state index contributed by atoms with van der Waals surface area (Å²) in [7, 11) is 0. The lowest BCUT2D eigenvalue weighted by atomic mass is 10.4. The van der Waals surface area contributed by atoms with Crippen molar-refractivity contribution >= 4 is 30.7 Å². The zero-order valence-corrected chi connectivity index (χ0v) is 13.4. The molecule has 0 aromatic carbocycles. The highest BCUT2D eigenvalue weighted by Gasteiger charge is 2.12. The van der Waals surface area contributed by atoms with Crippen LogP contribution in [0, 0.1) is 0 Å². The van der Waals surface area contributed by atoms with E-state index in [9.17, 15) is 4.79 Å². The van der Waals surface area contributed by atoms with Gasteiger partial charge in [-0.05, 0) is 0 Å². The van der Waals surface area contributed by atoms with Crippen molar-refractivity contribution in [3.8, 4) is 0 Å². The van der Waals surface area contributed by atoms with Crippen molar-refractivity contribution in [2.45, 2.75) is 6.54 Å². The number of carbonyl (C=O) groups excluding carboxylic acids is 1. The van der Waals surface area contributed by atoms with Gasteiger partial charge in [0.05, 0.1) is 26.0 Å². The summed E-state index contributed by atoms with van der Waals surface area (Å²) in [5.41, 5.74) is 5.73. The average Bonchev–Trinajstić information content (AvgIpc) is 2.89. The first-order chi connectivity index (χ1) is 9.29. The second-order valence-electron chi connectivity index (χ2n) is 4.37. The van der Waals surface area contributed by atoms with Crippen LogP contribution in [-0.2, 0) is 11.3 Å². The molecule has 0 radical (unpaired) electrons. The molecule has 2 heterocycles. The van der Waals surface area contributed by atoms with Crippen molar-refractivity contribution in [2.75, 3.05) is 45.9 Å². The zero-order valence-electron chi connectivity index (χ0n) is 11.7. The van der Waals surface area contributed by atoms with Crippen LogP contribution in [0.1, 0.15) is 10.5 Å². The molecular formula is C11H22Cl2N6O2. The molecule has 0 spiro atoms. The predicted molar refractivity (Wildman–Crippen MR) is 83.2 cm³/mol. The fraction of sp³-hybridized carbons (Fsp3) is 0.727. The van der Waals surface area contributed by atoms with Gasteiger partial charge >= 0.3 is 0 Å². The molecule has 0 unspecified atom stereocenters. The summed E-state index contributed by atoms with van der Waals surface area (Å²) in [5, 5.41) is 10.5. The quantitative estimate of drug-likeness (QED) is 0.699. The standard InChI is InChI=1S/C11H20N6O2.2ClH/c12-1-3-17-9-10(14-15-17)11(18)13-2-4-16-5-7-19-8-6-16;;/h9H,1-8,12H2,(H,13,18);2*1H. The van der Waals surface area contributed by atoms with Crippen LogP contribution in [0.15, 0.2) is 6.20 Å². The number of amides is 1. The van der Waals surface area contributed by atoms with E-state index in [0.29, 0.717) is 25.3 Å². The van der Waals surface area contributed by atoms with Crippen molar-refractivity contribution in [1.29, 1.82) is 0 Å². The van der Waals surface area contributed by atoms with Crippen LogP contribution >= 0.6 is 24.8 Å². The van der Waals surface area contributed by atoms with Crippen molar-refractivity contribution in [2.24, 2.45) is 5.73 Å². The molecule has 2 rings (SSSR count). The molecule has 21 heavy (non-hydrogen) atoms. The van der Waals surface area contributed by atoms with Crippen molar-refractivity contribution in [1.82, 2.24) is 25.2 Å². The Morgan fingerprint density at radius 1 is 1.33 bits per heavy atom. The van der Waals surface area contributed by atoms with E-state index in [-0.39, 0.29) is 30.7 Å². The van der Waals surface area contributed by atoms with Gasteiger partial charge in [-0.15, -0.1) is 29.9 Å². The number of morpholine rings is 1. The third kappa shape index (κ3) is 6.58. The summed E-state index contributed by atoms with van der Waals surface area (Å²) >= 11 is 0. The van der Waals surface area contributed by atoms with E-state index in [0.717, 1.165) is 32.8 Å². The Balaban J connectivity index is 0.00000200. The van der Waals surface area contributed by atoms with Crippen molar-refractivity contribution in [3.05, 3.63) is 11.9 Å². The minimum atomic E-state index is -0.198. The average molecular weight is 341 g/mol. The molecule has 8 nitrogen and oxygen atoms in total. The summed E-state index contributed by atoms with van der Waals surface area (Å²) < 4.78 is 6.83. The number of ether oxygens (including phenoxy) is 1. The number of rotatable bonds is 6. The number of carbonyl (C=O) groups is 1. The molecule has 1 aliphatic rings. The molecule has 1 fully saturated rings. The van der Waals surface area contributed by atoms with Crippen LogP contribution in [0.2, 0.25) is 0 Å². The van der Waals surface area contributed by atoms with Gasteiger partial charge in [0.1, 0.15) is 0 Å². The number of aromatic nitrogens is 3. The Hall–Kier alpha value is -0.930. The normalized spacial score (nSPS) is 14.9. The number of nitrogens with two attached hydrogens (primary N) is 1. The van der Waals surface area contributed by atoms with Crippen LogP contribution in [0.3, 0.4) is 0 Å². The van der Waals surface area contributed by atoms with Gasteiger partial charge in [-0.2, -0.15) is 0 Å². The Bertz CT molecular complexity index is 411. The summed E-state index contributed by atoms with van der Waals surface area (Å²) in [4.78, 5) is 14.1. The molecule has 10 heteroatoms. The van der Waals surface area contributed by atoms with E-state index in [2.05, 4.69) is 20.5 Å². The SMILES string of the molecule is Cl.Cl.NCCn1cc(C(=O)NCCN2CCOCC2)nn1. The monoisotopic (exact) mass is 340 g/mol. The second-order valence-corrected chi connectivity index (χ2v) is 4.37. The van der Waals surface area contributed by atoms with Gasteiger partial charge in [0, 0.05) is 32.7 Å². The fourth-order valence-corrected chi connectivity index (χ4v) is 1.89. The molecule has 0 aliphatic carbocycles. The molecule has 0 bridgehead atoms. The molecule has 1 aliphatic heterocycles. The molecule has 1 aromatic heterocycles. The first-order valence-corrected chi connectivity index (χ1v) is 6.48. The lowest BCUT2D eigenvalue weighted by molar-refractivity contribution is 0.0383. The Morgan fingerprint density at radius 2 is 2.05 bits per heavy atom. The van der Waals surface area contributed by atoms with Gasteiger partial charge < -0.3 is 15.8 Å². The predicted octanol–water partition coefficient (Wildman–Crippen LogP) is -0.858. The molecule has 122 valence electrons. The highest BCUT2D eigenvalue weighted by Crippen LogP contribution is 1.96. The van der Waals surface area contributed by atoms with Gasteiger partial charge in [-0.25, -0.2) is 0 Å². The molecule has 0 saturated carbocycles. The van der Waals surface area contributed by atoms with Crippen LogP contribution in [0.5, 0.6) is 0 Å². The summed E-state index contributed by atoms with van der Waals surface area (Å²) in [5.74, 6) is -0.198. The number of nitrogens with one attached hydrogen (secondary N) is 1. The topological polar surface area (TPSA) is 98.3 Å². The van der Waals surface area contributed by atoms with Crippen LogP contribution in [0.25, 0.3) is 0 Å². The minimum absolute atomic E-state index is 0. The minimum Gasteiger partial charge on any atom is -0.379 e. The summed E-state index contributed by atoms with van der Waals surface area (Å²) in [6, 6.07) is 0. The first-order valence-electron chi connectivity index (χ1n) is 6.48. The van der Waals surface area contributed by atoms with E-state index in [1.807, 2.05) is 0 Å². The molecule has 3 N–H and O–H groups in total. The maximum atomic E-state index is 11.8. The molecular weight excluding hydrogens is 319 g/mol. The Kier molecular flexibility index (Phi) is 10.3. The summed E-state index contributed by atoms with van der Waals surface area (Å²) in [6.45, 7) is 5.83. The second kappa shape index (κ2) is 10.7. The molecule has 1 aromatic rings. The molecule has 1 amide bonds. The van der Waals surface area contributed by atoms with Gasteiger partial charge in [0.15, 0.2) is 5.69 Å². The fourth-order valence-electron chi connectivity index (χ4n) is 1.89. The van der Waals surface area contributed by atoms with Gasteiger partial charge in [0.2, 0.25) is 0 Å². The van der Waals surface area contributed by atoms with Crippen molar-refractivity contribution in [3.63, 3.8) is 0 Å². The largest absolute Gasteiger partial charge is 0.379 e. The molecule has 1 saturated heterocycles. The third-order valence-corrected chi connectivity index (χ3v) is 2.95. The maximum absolute atomic E-state index is 11.8. The molecule has 0 atom stereocenters. The lowest BCUT2D eigenvalue weighted by Crippen LogP contribution is -2.41.